The average Bonchev–Trinajstić information content (AvgIpc) is 2.83. The van der Waals surface area contributed by atoms with E-state index in [9.17, 15) is 0 Å². The number of nitrogens with one attached hydrogen (secondary N) is 1. The Hall–Kier alpha value is -1.94. The van der Waals surface area contributed by atoms with Crippen LogP contribution in [0.1, 0.15) is 17.5 Å². The predicted molar refractivity (Wildman–Crippen MR) is 71.3 cm³/mol. The fourth-order valence-electron chi connectivity index (χ4n) is 2.06. The Morgan fingerprint density at radius 2 is 1.79 bits per heavy atom. The molecule has 1 N–H and O–H groups in total. The molecule has 1 aromatic carbocycles. The molecule has 0 saturated carbocycles. The molecule has 2 heterocycles. The van der Waals surface area contributed by atoms with E-state index >= 15 is 0 Å². The van der Waals surface area contributed by atoms with E-state index in [0.29, 0.717) is 0 Å². The maximum atomic E-state index is 5.67. The van der Waals surface area contributed by atoms with E-state index in [1.807, 2.05) is 18.2 Å². The van der Waals surface area contributed by atoms with Crippen LogP contribution < -0.4 is 14.8 Å². The summed E-state index contributed by atoms with van der Waals surface area (Å²) in [5.74, 6) is 1.69. The van der Waals surface area contributed by atoms with Crippen molar-refractivity contribution in [1.29, 1.82) is 0 Å². The minimum atomic E-state index is 0.721. The minimum absolute atomic E-state index is 0.721. The molecule has 1 aliphatic rings. The van der Waals surface area contributed by atoms with Gasteiger partial charge in [-0.2, -0.15) is 0 Å². The normalized spacial score (nSPS) is 14.1. The number of rotatable bonds is 4. The minimum Gasteiger partial charge on any atom is -0.490 e. The highest BCUT2D eigenvalue weighted by atomic mass is 16.5. The fraction of sp³-hybridized carbons (Fsp3) is 0.333. The molecule has 0 spiro atoms. The van der Waals surface area contributed by atoms with Crippen molar-refractivity contribution in [1.82, 2.24) is 5.32 Å². The highest BCUT2D eigenvalue weighted by molar-refractivity contribution is 5.43. The second-order valence-corrected chi connectivity index (χ2v) is 4.57. The highest BCUT2D eigenvalue weighted by Gasteiger charge is 2.10. The molecule has 1 aliphatic heterocycles. The van der Waals surface area contributed by atoms with Gasteiger partial charge >= 0.3 is 0 Å². The lowest BCUT2D eigenvalue weighted by atomic mass is 10.2. The molecule has 4 heteroatoms. The number of hydrogen-bond donors (Lipinski definition) is 1. The molecule has 0 aliphatic carbocycles. The van der Waals surface area contributed by atoms with Crippen LogP contribution in [0.15, 0.2) is 41.2 Å². The van der Waals surface area contributed by atoms with Gasteiger partial charge in [0.05, 0.1) is 25.7 Å². The summed E-state index contributed by atoms with van der Waals surface area (Å²) in [6, 6.07) is 8.05. The van der Waals surface area contributed by atoms with Crippen LogP contribution >= 0.6 is 0 Å². The Morgan fingerprint density at radius 1 is 0.947 bits per heavy atom. The Morgan fingerprint density at radius 3 is 2.63 bits per heavy atom. The molecule has 0 bridgehead atoms. The summed E-state index contributed by atoms with van der Waals surface area (Å²) in [5, 5.41) is 3.37. The van der Waals surface area contributed by atoms with E-state index in [2.05, 4.69) is 11.4 Å². The van der Waals surface area contributed by atoms with Crippen LogP contribution in [0.5, 0.6) is 11.5 Å². The quantitative estimate of drug-likeness (QED) is 0.917. The van der Waals surface area contributed by atoms with Crippen molar-refractivity contribution in [3.8, 4) is 11.5 Å². The van der Waals surface area contributed by atoms with Crippen LogP contribution in [-0.4, -0.2) is 13.2 Å². The predicted octanol–water partition coefficient (Wildman–Crippen LogP) is 2.73. The number of ether oxygens (including phenoxy) is 2. The smallest absolute Gasteiger partial charge is 0.161 e. The van der Waals surface area contributed by atoms with Crippen LogP contribution in [0.2, 0.25) is 0 Å². The van der Waals surface area contributed by atoms with Gasteiger partial charge in [0.1, 0.15) is 0 Å². The highest BCUT2D eigenvalue weighted by Crippen LogP contribution is 2.30. The van der Waals surface area contributed by atoms with Gasteiger partial charge in [-0.1, -0.05) is 6.07 Å². The van der Waals surface area contributed by atoms with Crippen LogP contribution in [0.25, 0.3) is 0 Å². The van der Waals surface area contributed by atoms with Gasteiger partial charge in [0.2, 0.25) is 0 Å². The summed E-state index contributed by atoms with van der Waals surface area (Å²) in [5.41, 5.74) is 2.34. The summed E-state index contributed by atoms with van der Waals surface area (Å²) in [4.78, 5) is 0. The van der Waals surface area contributed by atoms with Gasteiger partial charge in [-0.15, -0.1) is 0 Å². The summed E-state index contributed by atoms with van der Waals surface area (Å²) < 4.78 is 16.3. The van der Waals surface area contributed by atoms with Crippen LogP contribution in [0.3, 0.4) is 0 Å². The monoisotopic (exact) mass is 259 g/mol. The largest absolute Gasteiger partial charge is 0.490 e. The molecule has 0 saturated heterocycles. The van der Waals surface area contributed by atoms with Gasteiger partial charge in [-0.05, 0) is 23.8 Å². The van der Waals surface area contributed by atoms with Crippen molar-refractivity contribution in [2.24, 2.45) is 0 Å². The van der Waals surface area contributed by atoms with E-state index in [1.54, 1.807) is 12.5 Å². The van der Waals surface area contributed by atoms with Gasteiger partial charge in [0.25, 0.3) is 0 Å². The molecule has 19 heavy (non-hydrogen) atoms. The van der Waals surface area contributed by atoms with Gasteiger partial charge in [0.15, 0.2) is 11.5 Å². The van der Waals surface area contributed by atoms with Crippen LogP contribution in [0.4, 0.5) is 0 Å². The third kappa shape index (κ3) is 3.09. The van der Waals surface area contributed by atoms with E-state index in [0.717, 1.165) is 49.8 Å². The first-order chi connectivity index (χ1) is 9.42. The van der Waals surface area contributed by atoms with Crippen molar-refractivity contribution < 1.29 is 13.9 Å². The van der Waals surface area contributed by atoms with Crippen molar-refractivity contribution in [3.63, 3.8) is 0 Å². The van der Waals surface area contributed by atoms with Crippen molar-refractivity contribution in [2.75, 3.05) is 13.2 Å². The zero-order chi connectivity index (χ0) is 12.9. The average molecular weight is 259 g/mol. The molecule has 100 valence electrons. The third-order valence-corrected chi connectivity index (χ3v) is 3.05. The van der Waals surface area contributed by atoms with Crippen molar-refractivity contribution in [2.45, 2.75) is 19.5 Å². The standard InChI is InChI=1S/C15H17NO3/c1-5-18-14-3-2-12(8-15(14)19-6-1)9-16-10-13-4-7-17-11-13/h2-4,7-8,11,16H,1,5-6,9-10H2. The number of benzene rings is 1. The summed E-state index contributed by atoms with van der Waals surface area (Å²) in [6.45, 7) is 3.04. The van der Waals surface area contributed by atoms with Crippen molar-refractivity contribution in [3.05, 3.63) is 47.9 Å². The lowest BCUT2D eigenvalue weighted by molar-refractivity contribution is 0.297. The lowest BCUT2D eigenvalue weighted by Crippen LogP contribution is -2.12. The molecule has 1 aromatic heterocycles. The first kappa shape index (κ1) is 12.1. The zero-order valence-electron chi connectivity index (χ0n) is 10.7. The molecule has 4 nitrogen and oxygen atoms in total. The Bertz CT molecular complexity index is 522. The molecular weight excluding hydrogens is 242 g/mol. The van der Waals surface area contributed by atoms with Gasteiger partial charge in [0, 0.05) is 25.1 Å². The van der Waals surface area contributed by atoms with E-state index in [4.69, 9.17) is 13.9 Å². The maximum Gasteiger partial charge on any atom is 0.161 e. The first-order valence-electron chi connectivity index (χ1n) is 6.52. The summed E-state index contributed by atoms with van der Waals surface area (Å²) in [6.07, 6.45) is 4.37. The van der Waals surface area contributed by atoms with E-state index < -0.39 is 0 Å². The molecule has 3 rings (SSSR count). The number of fused-ring (bicyclic) bond motifs is 1. The summed E-state index contributed by atoms with van der Waals surface area (Å²) in [7, 11) is 0. The van der Waals surface area contributed by atoms with Crippen LogP contribution in [-0.2, 0) is 13.1 Å². The Labute approximate surface area is 112 Å². The summed E-state index contributed by atoms with van der Waals surface area (Å²) >= 11 is 0. The number of hydrogen-bond acceptors (Lipinski definition) is 4. The maximum absolute atomic E-state index is 5.67. The Kier molecular flexibility index (Phi) is 3.70. The Balaban J connectivity index is 1.60. The van der Waals surface area contributed by atoms with E-state index in [1.165, 1.54) is 5.56 Å². The zero-order valence-corrected chi connectivity index (χ0v) is 10.7. The van der Waals surface area contributed by atoms with E-state index in [-0.39, 0.29) is 0 Å². The topological polar surface area (TPSA) is 43.6 Å². The van der Waals surface area contributed by atoms with Crippen LogP contribution in [0, 0.1) is 0 Å². The van der Waals surface area contributed by atoms with Gasteiger partial charge < -0.3 is 19.2 Å². The number of furan rings is 1. The molecule has 0 radical (unpaired) electrons. The molecule has 0 unspecified atom stereocenters. The molecule has 0 amide bonds. The van der Waals surface area contributed by atoms with Gasteiger partial charge in [-0.3, -0.25) is 0 Å². The molecular formula is C15H17NO3. The second-order valence-electron chi connectivity index (χ2n) is 4.57. The van der Waals surface area contributed by atoms with Crippen molar-refractivity contribution >= 4 is 0 Å². The SMILES string of the molecule is c1cc(CNCc2ccc3c(c2)OCCCO3)co1. The second kappa shape index (κ2) is 5.80. The van der Waals surface area contributed by atoms with Gasteiger partial charge in [-0.25, -0.2) is 0 Å². The molecule has 0 fully saturated rings. The fourth-order valence-corrected chi connectivity index (χ4v) is 2.06. The lowest BCUT2D eigenvalue weighted by Gasteiger charge is -2.09. The molecule has 0 atom stereocenters. The third-order valence-electron chi connectivity index (χ3n) is 3.05. The molecule has 2 aromatic rings. The first-order valence-corrected chi connectivity index (χ1v) is 6.52.